The van der Waals surface area contributed by atoms with E-state index in [0.717, 1.165) is 11.1 Å². The summed E-state index contributed by atoms with van der Waals surface area (Å²) in [5.41, 5.74) is 2.47. The van der Waals surface area contributed by atoms with Crippen molar-refractivity contribution in [1.29, 1.82) is 0 Å². The normalized spacial score (nSPS) is 12.1. The first kappa shape index (κ1) is 19.0. The number of aromatic nitrogens is 2. The van der Waals surface area contributed by atoms with Crippen molar-refractivity contribution in [3.8, 4) is 11.5 Å². The lowest BCUT2D eigenvalue weighted by molar-refractivity contribution is -0.384. The van der Waals surface area contributed by atoms with Gasteiger partial charge in [-0.15, -0.1) is 10.2 Å². The molecule has 0 fully saturated rings. The molecule has 3 rings (SSSR count). The number of carbonyl (C=O) groups is 1. The zero-order valence-electron chi connectivity index (χ0n) is 15.2. The molecular formula is C20H17N3O5. The van der Waals surface area contributed by atoms with Gasteiger partial charge in [-0.3, -0.25) is 10.1 Å². The van der Waals surface area contributed by atoms with Crippen LogP contribution in [0.3, 0.4) is 0 Å². The van der Waals surface area contributed by atoms with Gasteiger partial charge in [-0.2, -0.15) is 0 Å². The summed E-state index contributed by atoms with van der Waals surface area (Å²) in [6, 6.07) is 13.4. The maximum Gasteiger partial charge on any atom is 0.331 e. The van der Waals surface area contributed by atoms with Crippen LogP contribution < -0.4 is 0 Å². The fourth-order valence-corrected chi connectivity index (χ4v) is 2.43. The Morgan fingerprint density at radius 1 is 1.21 bits per heavy atom. The molecule has 0 aliphatic rings. The van der Waals surface area contributed by atoms with Crippen molar-refractivity contribution in [3.63, 3.8) is 0 Å². The number of nitro benzene ring substituents is 1. The molecule has 1 aromatic heterocycles. The van der Waals surface area contributed by atoms with E-state index in [1.54, 1.807) is 6.92 Å². The average Bonchev–Trinajstić information content (AvgIpc) is 3.17. The van der Waals surface area contributed by atoms with E-state index in [9.17, 15) is 14.9 Å². The predicted molar refractivity (Wildman–Crippen MR) is 101 cm³/mol. The second-order valence-corrected chi connectivity index (χ2v) is 6.08. The molecule has 0 spiro atoms. The second kappa shape index (κ2) is 8.26. The van der Waals surface area contributed by atoms with Crippen molar-refractivity contribution < 1.29 is 18.9 Å². The van der Waals surface area contributed by atoms with Crippen LogP contribution in [0.4, 0.5) is 5.69 Å². The van der Waals surface area contributed by atoms with Gasteiger partial charge in [0.25, 0.3) is 11.6 Å². The summed E-state index contributed by atoms with van der Waals surface area (Å²) in [7, 11) is 0. The number of rotatable bonds is 6. The summed E-state index contributed by atoms with van der Waals surface area (Å²) in [6.45, 7) is 3.59. The van der Waals surface area contributed by atoms with Crippen molar-refractivity contribution in [1.82, 2.24) is 10.2 Å². The monoisotopic (exact) mass is 379 g/mol. The van der Waals surface area contributed by atoms with Crippen LogP contribution in [0.25, 0.3) is 17.5 Å². The Labute approximate surface area is 160 Å². The number of hydrogen-bond acceptors (Lipinski definition) is 7. The number of ether oxygens (including phenoxy) is 1. The summed E-state index contributed by atoms with van der Waals surface area (Å²) in [5.74, 6) is -0.0576. The van der Waals surface area contributed by atoms with Crippen LogP contribution in [0.1, 0.15) is 30.0 Å². The molecule has 0 saturated heterocycles. The van der Waals surface area contributed by atoms with E-state index in [2.05, 4.69) is 10.2 Å². The third-order valence-electron chi connectivity index (χ3n) is 3.86. The van der Waals surface area contributed by atoms with Gasteiger partial charge in [-0.25, -0.2) is 4.79 Å². The molecule has 0 saturated carbocycles. The third-order valence-corrected chi connectivity index (χ3v) is 3.86. The van der Waals surface area contributed by atoms with E-state index in [4.69, 9.17) is 9.15 Å². The Morgan fingerprint density at radius 3 is 2.64 bits per heavy atom. The lowest BCUT2D eigenvalue weighted by Gasteiger charge is -2.06. The van der Waals surface area contributed by atoms with Gasteiger partial charge >= 0.3 is 5.97 Å². The zero-order chi connectivity index (χ0) is 20.1. The summed E-state index contributed by atoms with van der Waals surface area (Å²) >= 11 is 0. The largest absolute Gasteiger partial charge is 0.449 e. The molecule has 1 heterocycles. The fraction of sp³-hybridized carbons (Fsp3) is 0.150. The highest BCUT2D eigenvalue weighted by Crippen LogP contribution is 2.23. The molecule has 0 aliphatic heterocycles. The highest BCUT2D eigenvalue weighted by molar-refractivity contribution is 5.87. The maximum absolute atomic E-state index is 12.0. The summed E-state index contributed by atoms with van der Waals surface area (Å²) in [5, 5.41) is 18.6. The molecule has 3 aromatic rings. The first-order valence-electron chi connectivity index (χ1n) is 8.46. The summed E-state index contributed by atoms with van der Waals surface area (Å²) in [6.07, 6.45) is 2.01. The van der Waals surface area contributed by atoms with Crippen LogP contribution >= 0.6 is 0 Å². The first-order valence-corrected chi connectivity index (χ1v) is 8.46. The van der Waals surface area contributed by atoms with Crippen molar-refractivity contribution in [2.75, 3.05) is 0 Å². The van der Waals surface area contributed by atoms with E-state index in [-0.39, 0.29) is 11.6 Å². The SMILES string of the molecule is Cc1cccc(-c2nnc([C@@H](C)OC(=O)/C=C/c3ccc([N+](=O)[O-])cc3)o2)c1. The summed E-state index contributed by atoms with van der Waals surface area (Å²) in [4.78, 5) is 22.1. The molecule has 8 nitrogen and oxygen atoms in total. The van der Waals surface area contributed by atoms with Crippen LogP contribution in [0.15, 0.2) is 59.0 Å². The van der Waals surface area contributed by atoms with Gasteiger partial charge in [-0.05, 0) is 49.8 Å². The van der Waals surface area contributed by atoms with E-state index >= 15 is 0 Å². The molecule has 142 valence electrons. The second-order valence-electron chi connectivity index (χ2n) is 6.08. The average molecular weight is 379 g/mol. The van der Waals surface area contributed by atoms with E-state index in [1.807, 2.05) is 31.2 Å². The number of aryl methyl sites for hydroxylation is 1. The topological polar surface area (TPSA) is 108 Å². The predicted octanol–water partition coefficient (Wildman–Crippen LogP) is 4.27. The van der Waals surface area contributed by atoms with Crippen LogP contribution in [0, 0.1) is 17.0 Å². The minimum absolute atomic E-state index is 0.0193. The van der Waals surface area contributed by atoms with Gasteiger partial charge in [0.2, 0.25) is 5.89 Å². The van der Waals surface area contributed by atoms with Gasteiger partial charge < -0.3 is 9.15 Å². The maximum atomic E-state index is 12.0. The lowest BCUT2D eigenvalue weighted by Crippen LogP contribution is -2.06. The molecule has 0 bridgehead atoms. The molecule has 1 atom stereocenters. The van der Waals surface area contributed by atoms with Gasteiger partial charge in [-0.1, -0.05) is 17.7 Å². The van der Waals surface area contributed by atoms with Crippen molar-refractivity contribution in [3.05, 3.63) is 81.7 Å². The van der Waals surface area contributed by atoms with Gasteiger partial charge in [0.1, 0.15) is 0 Å². The molecule has 0 amide bonds. The highest BCUT2D eigenvalue weighted by atomic mass is 16.6. The Balaban J connectivity index is 1.62. The first-order chi connectivity index (χ1) is 13.4. The Hall–Kier alpha value is -3.81. The lowest BCUT2D eigenvalue weighted by atomic mass is 10.1. The number of esters is 1. The van der Waals surface area contributed by atoms with E-state index in [1.165, 1.54) is 36.4 Å². The number of nitrogens with zero attached hydrogens (tertiary/aromatic N) is 3. The van der Waals surface area contributed by atoms with Crippen LogP contribution in [0.5, 0.6) is 0 Å². The number of non-ortho nitro benzene ring substituents is 1. The number of nitro groups is 1. The Morgan fingerprint density at radius 2 is 1.96 bits per heavy atom. The van der Waals surface area contributed by atoms with Crippen molar-refractivity contribution in [2.24, 2.45) is 0 Å². The van der Waals surface area contributed by atoms with Crippen LogP contribution in [-0.2, 0) is 9.53 Å². The number of hydrogen-bond donors (Lipinski definition) is 0. The van der Waals surface area contributed by atoms with E-state index in [0.29, 0.717) is 11.5 Å². The number of benzene rings is 2. The quantitative estimate of drug-likeness (QED) is 0.272. The third kappa shape index (κ3) is 4.67. The molecule has 28 heavy (non-hydrogen) atoms. The fourth-order valence-electron chi connectivity index (χ4n) is 2.43. The van der Waals surface area contributed by atoms with Crippen LogP contribution in [-0.4, -0.2) is 21.1 Å². The molecule has 2 aromatic carbocycles. The Kier molecular flexibility index (Phi) is 5.59. The molecule has 0 radical (unpaired) electrons. The van der Waals surface area contributed by atoms with Crippen molar-refractivity contribution >= 4 is 17.7 Å². The minimum Gasteiger partial charge on any atom is -0.449 e. The molecule has 8 heteroatoms. The minimum atomic E-state index is -0.722. The molecular weight excluding hydrogens is 362 g/mol. The smallest absolute Gasteiger partial charge is 0.331 e. The zero-order valence-corrected chi connectivity index (χ0v) is 15.2. The molecule has 0 aliphatic carbocycles. The van der Waals surface area contributed by atoms with Gasteiger partial charge in [0, 0.05) is 23.8 Å². The number of carbonyl (C=O) groups excluding carboxylic acids is 1. The Bertz CT molecular complexity index is 1020. The molecule has 0 unspecified atom stereocenters. The highest BCUT2D eigenvalue weighted by Gasteiger charge is 2.18. The molecule has 0 N–H and O–H groups in total. The van der Waals surface area contributed by atoms with Crippen LogP contribution in [0.2, 0.25) is 0 Å². The summed E-state index contributed by atoms with van der Waals surface area (Å²) < 4.78 is 10.9. The van der Waals surface area contributed by atoms with Gasteiger partial charge in [0.05, 0.1) is 4.92 Å². The van der Waals surface area contributed by atoms with Crippen molar-refractivity contribution in [2.45, 2.75) is 20.0 Å². The van der Waals surface area contributed by atoms with E-state index < -0.39 is 17.0 Å². The standard InChI is InChI=1S/C20H17N3O5/c1-13-4-3-5-16(12-13)20-22-21-19(28-20)14(2)27-18(24)11-8-15-6-9-17(10-7-15)23(25)26/h3-12,14H,1-2H3/b11-8+/t14-/m1/s1. The van der Waals surface area contributed by atoms with Gasteiger partial charge in [0.15, 0.2) is 6.10 Å².